The van der Waals surface area contributed by atoms with Crippen molar-refractivity contribution in [2.45, 2.75) is 13.0 Å². The zero-order valence-electron chi connectivity index (χ0n) is 10.8. The van der Waals surface area contributed by atoms with E-state index in [1.165, 1.54) is 5.56 Å². The molecule has 1 amide bonds. The molecule has 19 heavy (non-hydrogen) atoms. The maximum Gasteiger partial charge on any atom is 0.248 e. The van der Waals surface area contributed by atoms with Gasteiger partial charge in [-0.2, -0.15) is 0 Å². The first kappa shape index (κ1) is 13.3. The standard InChI is InChI=1S/C16H18N2O/c17-16(19)15-8-4-7-14(11-15)12-18-10-9-13-5-2-1-3-6-13/h1-8,11,18H,9-10,12H2,(H2,17,19). The van der Waals surface area contributed by atoms with Gasteiger partial charge >= 0.3 is 0 Å². The Hall–Kier alpha value is -2.13. The van der Waals surface area contributed by atoms with E-state index in [0.29, 0.717) is 5.56 Å². The Kier molecular flexibility index (Phi) is 4.70. The Bertz CT molecular complexity index is 537. The van der Waals surface area contributed by atoms with Crippen molar-refractivity contribution in [3.63, 3.8) is 0 Å². The average molecular weight is 254 g/mol. The van der Waals surface area contributed by atoms with Crippen molar-refractivity contribution in [1.82, 2.24) is 5.32 Å². The van der Waals surface area contributed by atoms with Gasteiger partial charge in [0.2, 0.25) is 5.91 Å². The van der Waals surface area contributed by atoms with Crippen LogP contribution in [0.15, 0.2) is 54.6 Å². The lowest BCUT2D eigenvalue weighted by molar-refractivity contribution is 0.1000. The first-order valence-electron chi connectivity index (χ1n) is 6.39. The fraction of sp³-hybridized carbons (Fsp3) is 0.188. The fourth-order valence-corrected chi connectivity index (χ4v) is 1.94. The zero-order chi connectivity index (χ0) is 13.5. The molecule has 0 fully saturated rings. The van der Waals surface area contributed by atoms with E-state index in [2.05, 4.69) is 17.4 Å². The maximum absolute atomic E-state index is 11.1. The van der Waals surface area contributed by atoms with Gasteiger partial charge in [0.05, 0.1) is 0 Å². The van der Waals surface area contributed by atoms with Crippen molar-refractivity contribution in [2.75, 3.05) is 6.54 Å². The van der Waals surface area contributed by atoms with Gasteiger partial charge in [-0.3, -0.25) is 4.79 Å². The summed E-state index contributed by atoms with van der Waals surface area (Å²) in [5.41, 5.74) is 8.21. The van der Waals surface area contributed by atoms with E-state index < -0.39 is 0 Å². The first-order valence-corrected chi connectivity index (χ1v) is 6.39. The second kappa shape index (κ2) is 6.71. The second-order valence-electron chi connectivity index (χ2n) is 4.48. The minimum atomic E-state index is -0.383. The molecule has 3 heteroatoms. The first-order chi connectivity index (χ1) is 9.25. The topological polar surface area (TPSA) is 55.1 Å². The summed E-state index contributed by atoms with van der Waals surface area (Å²) in [5, 5.41) is 3.36. The molecule has 0 aliphatic carbocycles. The van der Waals surface area contributed by atoms with Crippen LogP contribution in [0.3, 0.4) is 0 Å². The SMILES string of the molecule is NC(=O)c1cccc(CNCCc2ccccc2)c1. The third-order valence-electron chi connectivity index (χ3n) is 2.97. The molecule has 3 N–H and O–H groups in total. The Morgan fingerprint density at radius 1 is 1.00 bits per heavy atom. The molecule has 2 rings (SSSR count). The molecule has 3 nitrogen and oxygen atoms in total. The molecule has 0 saturated heterocycles. The van der Waals surface area contributed by atoms with Crippen molar-refractivity contribution in [3.05, 3.63) is 71.3 Å². The fourth-order valence-electron chi connectivity index (χ4n) is 1.94. The predicted molar refractivity (Wildman–Crippen MR) is 76.8 cm³/mol. The number of carbonyl (C=O) groups is 1. The summed E-state index contributed by atoms with van der Waals surface area (Å²) in [4.78, 5) is 11.1. The van der Waals surface area contributed by atoms with Crippen molar-refractivity contribution in [1.29, 1.82) is 0 Å². The quantitative estimate of drug-likeness (QED) is 0.776. The van der Waals surface area contributed by atoms with Crippen molar-refractivity contribution in [2.24, 2.45) is 5.73 Å². The van der Waals surface area contributed by atoms with E-state index >= 15 is 0 Å². The number of rotatable bonds is 6. The van der Waals surface area contributed by atoms with Crippen LogP contribution in [0, 0.1) is 0 Å². The number of nitrogens with two attached hydrogens (primary N) is 1. The highest BCUT2D eigenvalue weighted by molar-refractivity contribution is 5.92. The molecule has 0 unspecified atom stereocenters. The van der Waals surface area contributed by atoms with Crippen LogP contribution in [0.4, 0.5) is 0 Å². The van der Waals surface area contributed by atoms with Gasteiger partial charge in [-0.05, 0) is 36.2 Å². The minimum Gasteiger partial charge on any atom is -0.366 e. The molecule has 0 heterocycles. The minimum absolute atomic E-state index is 0.383. The van der Waals surface area contributed by atoms with Crippen molar-refractivity contribution >= 4 is 5.91 Å². The lowest BCUT2D eigenvalue weighted by atomic mass is 10.1. The van der Waals surface area contributed by atoms with Crippen LogP contribution in [-0.4, -0.2) is 12.5 Å². The lowest BCUT2D eigenvalue weighted by Crippen LogP contribution is -2.17. The molecule has 98 valence electrons. The molecular formula is C16H18N2O. The molecule has 2 aromatic rings. The molecule has 0 atom stereocenters. The molecule has 0 spiro atoms. The van der Waals surface area contributed by atoms with E-state index in [1.807, 2.05) is 36.4 Å². The Morgan fingerprint density at radius 2 is 1.74 bits per heavy atom. The van der Waals surface area contributed by atoms with Crippen LogP contribution >= 0.6 is 0 Å². The molecule has 0 aliphatic heterocycles. The van der Waals surface area contributed by atoms with Crippen LogP contribution in [0.2, 0.25) is 0 Å². The average Bonchev–Trinajstić information content (AvgIpc) is 2.45. The molecule has 0 aliphatic rings. The van der Waals surface area contributed by atoms with Gasteiger partial charge in [0, 0.05) is 12.1 Å². The summed E-state index contributed by atoms with van der Waals surface area (Å²) < 4.78 is 0. The number of benzene rings is 2. The van der Waals surface area contributed by atoms with E-state index in [0.717, 1.165) is 25.1 Å². The van der Waals surface area contributed by atoms with Crippen LogP contribution in [0.5, 0.6) is 0 Å². The number of nitrogens with one attached hydrogen (secondary N) is 1. The maximum atomic E-state index is 11.1. The molecular weight excluding hydrogens is 236 g/mol. The summed E-state index contributed by atoms with van der Waals surface area (Å²) >= 11 is 0. The van der Waals surface area contributed by atoms with Gasteiger partial charge in [-0.25, -0.2) is 0 Å². The normalized spacial score (nSPS) is 10.3. The van der Waals surface area contributed by atoms with Crippen molar-refractivity contribution < 1.29 is 4.79 Å². The van der Waals surface area contributed by atoms with Gasteiger partial charge < -0.3 is 11.1 Å². The number of hydrogen-bond donors (Lipinski definition) is 2. The van der Waals surface area contributed by atoms with Gasteiger partial charge in [-0.1, -0.05) is 42.5 Å². The second-order valence-corrected chi connectivity index (χ2v) is 4.48. The lowest BCUT2D eigenvalue weighted by Gasteiger charge is -2.06. The van der Waals surface area contributed by atoms with E-state index in [4.69, 9.17) is 5.73 Å². The summed E-state index contributed by atoms with van der Waals surface area (Å²) in [7, 11) is 0. The van der Waals surface area contributed by atoms with Gasteiger partial charge in [-0.15, -0.1) is 0 Å². The van der Waals surface area contributed by atoms with Gasteiger partial charge in [0.25, 0.3) is 0 Å². The van der Waals surface area contributed by atoms with Crippen LogP contribution in [0.1, 0.15) is 21.5 Å². The van der Waals surface area contributed by atoms with E-state index in [1.54, 1.807) is 6.07 Å². The van der Waals surface area contributed by atoms with Crippen LogP contribution in [0.25, 0.3) is 0 Å². The highest BCUT2D eigenvalue weighted by Crippen LogP contribution is 2.04. The summed E-state index contributed by atoms with van der Waals surface area (Å²) in [6.07, 6.45) is 0.996. The Morgan fingerprint density at radius 3 is 2.47 bits per heavy atom. The smallest absolute Gasteiger partial charge is 0.248 e. The van der Waals surface area contributed by atoms with Crippen LogP contribution in [-0.2, 0) is 13.0 Å². The summed E-state index contributed by atoms with van der Waals surface area (Å²) in [6.45, 7) is 1.65. The monoisotopic (exact) mass is 254 g/mol. The summed E-state index contributed by atoms with van der Waals surface area (Å²) in [6, 6.07) is 17.8. The third-order valence-corrected chi connectivity index (χ3v) is 2.97. The predicted octanol–water partition coefficient (Wildman–Crippen LogP) is 2.12. The molecule has 0 bridgehead atoms. The largest absolute Gasteiger partial charge is 0.366 e. The van der Waals surface area contributed by atoms with Crippen molar-refractivity contribution in [3.8, 4) is 0 Å². The Balaban J connectivity index is 1.80. The number of amides is 1. The number of hydrogen-bond acceptors (Lipinski definition) is 2. The summed E-state index contributed by atoms with van der Waals surface area (Å²) in [5.74, 6) is -0.383. The zero-order valence-corrected chi connectivity index (χ0v) is 10.8. The molecule has 0 saturated carbocycles. The molecule has 0 aromatic heterocycles. The van der Waals surface area contributed by atoms with Gasteiger partial charge in [0.1, 0.15) is 0 Å². The third kappa shape index (κ3) is 4.23. The van der Waals surface area contributed by atoms with E-state index in [9.17, 15) is 4.79 Å². The van der Waals surface area contributed by atoms with Gasteiger partial charge in [0.15, 0.2) is 0 Å². The molecule has 2 aromatic carbocycles. The van der Waals surface area contributed by atoms with Crippen LogP contribution < -0.4 is 11.1 Å². The Labute approximate surface area is 113 Å². The number of carbonyl (C=O) groups excluding carboxylic acids is 1. The highest BCUT2D eigenvalue weighted by atomic mass is 16.1. The molecule has 0 radical (unpaired) electrons. The highest BCUT2D eigenvalue weighted by Gasteiger charge is 2.00. The van der Waals surface area contributed by atoms with E-state index in [-0.39, 0.29) is 5.91 Å². The number of primary amides is 1.